The van der Waals surface area contributed by atoms with Crippen LogP contribution in [0.4, 0.5) is 0 Å². The van der Waals surface area contributed by atoms with Crippen molar-refractivity contribution in [3.05, 3.63) is 83.9 Å². The van der Waals surface area contributed by atoms with Crippen molar-refractivity contribution in [3.8, 4) is 0 Å². The molecule has 0 fully saturated rings. The molecule has 39 heavy (non-hydrogen) atoms. The van der Waals surface area contributed by atoms with Crippen LogP contribution in [0, 0.1) is 10.8 Å². The van der Waals surface area contributed by atoms with E-state index in [1.165, 1.54) is 12.2 Å². The maximum Gasteiger partial charge on any atom is 0.164 e. The Labute approximate surface area is 249 Å². The van der Waals surface area contributed by atoms with E-state index in [1.807, 2.05) is 77.9 Å². The monoisotopic (exact) mass is 574 g/mol. The van der Waals surface area contributed by atoms with E-state index in [4.69, 9.17) is 10.2 Å². The van der Waals surface area contributed by atoms with Crippen LogP contribution in [0.5, 0.6) is 0 Å². The molecule has 6 nitrogen and oxygen atoms in total. The Bertz CT molecular complexity index is 986. The summed E-state index contributed by atoms with van der Waals surface area (Å²) in [6, 6.07) is 18.1. The minimum atomic E-state index is -1.01. The third-order valence-corrected chi connectivity index (χ3v) is 5.65. The van der Waals surface area contributed by atoms with Crippen LogP contribution in [-0.4, -0.2) is 43.2 Å². The number of hydrogen-bond donors (Lipinski definition) is 4. The number of aliphatic hydroxyl groups is 4. The van der Waals surface area contributed by atoms with E-state index in [1.54, 1.807) is 52.0 Å². The fraction of sp³-hybridized carbons (Fsp3) is 0.438. The number of carbonyl (C=O) groups is 2. The van der Waals surface area contributed by atoms with Gasteiger partial charge >= 0.3 is 0 Å². The summed E-state index contributed by atoms with van der Waals surface area (Å²) >= 11 is 0. The summed E-state index contributed by atoms with van der Waals surface area (Å²) in [5, 5.41) is 37.6. The number of allylic oxidation sites excluding steroid dienone is 2. The van der Waals surface area contributed by atoms with Gasteiger partial charge in [0.1, 0.15) is 11.5 Å². The van der Waals surface area contributed by atoms with Crippen LogP contribution in [0.1, 0.15) is 80.4 Å². The van der Waals surface area contributed by atoms with Gasteiger partial charge in [-0.1, -0.05) is 102 Å². The number of hydrogen-bond acceptors (Lipinski definition) is 6. The number of aliphatic hydroxyl groups excluding tert-OH is 2. The molecular formula is C32H46O6Ti. The Kier molecular flexibility index (Phi) is 15.8. The molecule has 7 heteroatoms. The molecule has 0 heterocycles. The summed E-state index contributed by atoms with van der Waals surface area (Å²) in [7, 11) is 0. The Morgan fingerprint density at radius 1 is 0.538 bits per heavy atom. The third kappa shape index (κ3) is 15.6. The van der Waals surface area contributed by atoms with Gasteiger partial charge in [-0.3, -0.25) is 9.59 Å². The zero-order valence-corrected chi connectivity index (χ0v) is 26.6. The summed E-state index contributed by atoms with van der Waals surface area (Å²) in [4.78, 5) is 23.2. The molecule has 2 rings (SSSR count). The number of benzene rings is 2. The topological polar surface area (TPSA) is 115 Å². The van der Waals surface area contributed by atoms with Gasteiger partial charge in [0.2, 0.25) is 0 Å². The molecule has 0 aliphatic rings. The molecule has 2 aromatic rings. The first-order chi connectivity index (χ1) is 17.1. The molecule has 0 bridgehead atoms. The van der Waals surface area contributed by atoms with E-state index >= 15 is 0 Å². The molecule has 0 aromatic heterocycles. The SMILES string of the molecule is CC(C)(C)C(=O)/C=C(/O)c1ccccc1.CC(C)(C)C(=O)/C=C(/O)c1ccccc1.CC(C)(O)C(C)(C)O.[Ti]. The molecule has 0 atom stereocenters. The van der Waals surface area contributed by atoms with Crippen LogP contribution in [0.15, 0.2) is 72.8 Å². The average molecular weight is 575 g/mol. The van der Waals surface area contributed by atoms with Crippen LogP contribution in [-0.2, 0) is 31.3 Å². The summed E-state index contributed by atoms with van der Waals surface area (Å²) in [5.41, 5.74) is -1.60. The first-order valence-electron chi connectivity index (χ1n) is 12.5. The predicted molar refractivity (Wildman–Crippen MR) is 156 cm³/mol. The third-order valence-electron chi connectivity index (χ3n) is 5.65. The molecule has 214 valence electrons. The zero-order chi connectivity index (χ0) is 29.9. The maximum atomic E-state index is 11.6. The molecule has 2 aromatic carbocycles. The zero-order valence-electron chi connectivity index (χ0n) is 25.0. The van der Waals surface area contributed by atoms with E-state index < -0.39 is 22.0 Å². The molecule has 0 unspecified atom stereocenters. The second-order valence-electron chi connectivity index (χ2n) is 12.1. The number of ketones is 2. The number of rotatable bonds is 5. The van der Waals surface area contributed by atoms with E-state index in [2.05, 4.69) is 0 Å². The summed E-state index contributed by atoms with van der Waals surface area (Å²) in [5.74, 6) is -0.112. The minimum Gasteiger partial charge on any atom is -0.507 e. The molecule has 0 aliphatic carbocycles. The molecule has 0 spiro atoms. The smallest absolute Gasteiger partial charge is 0.164 e. The summed E-state index contributed by atoms with van der Waals surface area (Å²) in [6.07, 6.45) is 2.57. The van der Waals surface area contributed by atoms with E-state index in [-0.39, 0.29) is 44.8 Å². The van der Waals surface area contributed by atoms with E-state index in [0.717, 1.165) is 0 Å². The maximum absolute atomic E-state index is 11.6. The van der Waals surface area contributed by atoms with Crippen molar-refractivity contribution >= 4 is 23.1 Å². The first kappa shape index (κ1) is 38.6. The summed E-state index contributed by atoms with van der Waals surface area (Å²) < 4.78 is 0. The molecule has 0 amide bonds. The quantitative estimate of drug-likeness (QED) is 0.175. The predicted octanol–water partition coefficient (Wildman–Crippen LogP) is 6.93. The number of carbonyl (C=O) groups excluding carboxylic acids is 2. The standard InChI is InChI=1S/2C13H16O2.C6H14O2.Ti/c2*1-13(2,3)12(15)9-11(14)10-7-5-4-6-8-10;1-5(2,7)6(3,4)8;/h2*4-9,14H,1-3H3;7-8H,1-4H3;/b2*11-9+;;. The van der Waals surface area contributed by atoms with Gasteiger partial charge in [-0.15, -0.1) is 0 Å². The molecule has 4 N–H and O–H groups in total. The molecule has 0 saturated heterocycles. The Balaban J connectivity index is 0. The van der Waals surface area contributed by atoms with Crippen molar-refractivity contribution < 1.29 is 51.7 Å². The fourth-order valence-electron chi connectivity index (χ4n) is 2.07. The van der Waals surface area contributed by atoms with Crippen molar-refractivity contribution in [2.75, 3.05) is 0 Å². The van der Waals surface area contributed by atoms with Gasteiger partial charge in [-0.2, -0.15) is 0 Å². The second-order valence-corrected chi connectivity index (χ2v) is 12.1. The van der Waals surface area contributed by atoms with Crippen molar-refractivity contribution in [2.45, 2.75) is 80.4 Å². The van der Waals surface area contributed by atoms with Crippen LogP contribution in [0.25, 0.3) is 11.5 Å². The first-order valence-corrected chi connectivity index (χ1v) is 12.5. The van der Waals surface area contributed by atoms with E-state index in [0.29, 0.717) is 11.1 Å². The van der Waals surface area contributed by atoms with Gasteiger partial charge in [-0.05, 0) is 27.7 Å². The van der Waals surface area contributed by atoms with Crippen molar-refractivity contribution in [3.63, 3.8) is 0 Å². The summed E-state index contributed by atoms with van der Waals surface area (Å²) in [6.45, 7) is 17.2. The van der Waals surface area contributed by atoms with E-state index in [9.17, 15) is 19.8 Å². The van der Waals surface area contributed by atoms with Crippen LogP contribution in [0.2, 0.25) is 0 Å². The average Bonchev–Trinajstić information content (AvgIpc) is 2.78. The Morgan fingerprint density at radius 2 is 0.769 bits per heavy atom. The van der Waals surface area contributed by atoms with Crippen LogP contribution >= 0.6 is 0 Å². The van der Waals surface area contributed by atoms with Gasteiger partial charge in [0.15, 0.2) is 11.6 Å². The molecule has 0 aliphatic heterocycles. The van der Waals surface area contributed by atoms with Gasteiger partial charge in [0.25, 0.3) is 0 Å². The Hall–Kier alpha value is -2.51. The van der Waals surface area contributed by atoms with Gasteiger partial charge < -0.3 is 20.4 Å². The molecule has 0 radical (unpaired) electrons. The molecular weight excluding hydrogens is 528 g/mol. The van der Waals surface area contributed by atoms with Crippen LogP contribution < -0.4 is 0 Å². The van der Waals surface area contributed by atoms with Crippen molar-refractivity contribution in [2.24, 2.45) is 10.8 Å². The van der Waals surface area contributed by atoms with Gasteiger partial charge in [-0.25, -0.2) is 0 Å². The van der Waals surface area contributed by atoms with Crippen molar-refractivity contribution in [1.82, 2.24) is 0 Å². The largest absolute Gasteiger partial charge is 0.507 e. The normalized spacial score (nSPS) is 12.6. The van der Waals surface area contributed by atoms with Gasteiger partial charge in [0.05, 0.1) is 11.2 Å². The van der Waals surface area contributed by atoms with Crippen LogP contribution in [0.3, 0.4) is 0 Å². The molecule has 0 saturated carbocycles. The Morgan fingerprint density at radius 3 is 0.949 bits per heavy atom. The minimum absolute atomic E-state index is 0. The second kappa shape index (κ2) is 15.9. The van der Waals surface area contributed by atoms with Gasteiger partial charge in [0, 0.05) is 55.8 Å². The fourth-order valence-corrected chi connectivity index (χ4v) is 2.07. The van der Waals surface area contributed by atoms with Crippen molar-refractivity contribution in [1.29, 1.82) is 0 Å².